The van der Waals surface area contributed by atoms with Crippen LogP contribution in [0.5, 0.6) is 0 Å². The maximum atomic E-state index is 12.4. The maximum Gasteiger partial charge on any atom is 0.322 e. The van der Waals surface area contributed by atoms with Gasteiger partial charge in [-0.05, 0) is 43.0 Å². The number of nitriles is 1. The highest BCUT2D eigenvalue weighted by Crippen LogP contribution is 2.35. The highest BCUT2D eigenvalue weighted by molar-refractivity contribution is 6.07. The second kappa shape index (κ2) is 8.76. The number of hydrogen-bond acceptors (Lipinski definition) is 5. The number of piperidine rings is 1. The number of urea groups is 1. The van der Waals surface area contributed by atoms with Crippen LogP contribution in [-0.2, 0) is 11.3 Å². The molecule has 3 aromatic rings. The minimum absolute atomic E-state index is 0.0432. The third kappa shape index (κ3) is 4.06. The zero-order valence-electron chi connectivity index (χ0n) is 19.0. The largest absolute Gasteiger partial charge is 0.328 e. The minimum Gasteiger partial charge on any atom is -0.328 e. The van der Waals surface area contributed by atoms with Crippen LogP contribution in [0.25, 0.3) is 0 Å². The van der Waals surface area contributed by atoms with Crippen LogP contribution in [0.15, 0.2) is 61.1 Å². The van der Waals surface area contributed by atoms with Crippen LogP contribution < -0.4 is 10.6 Å². The Labute approximate surface area is 198 Å². The van der Waals surface area contributed by atoms with Crippen LogP contribution in [-0.4, -0.2) is 45.0 Å². The first kappa shape index (κ1) is 21.9. The molecular weight excluding hydrogens is 428 g/mol. The fourth-order valence-corrected chi connectivity index (χ4v) is 5.03. The van der Waals surface area contributed by atoms with E-state index in [4.69, 9.17) is 5.26 Å². The quantitative estimate of drug-likeness (QED) is 0.577. The molecule has 5 rings (SSSR count). The topological polar surface area (TPSA) is 103 Å². The summed E-state index contributed by atoms with van der Waals surface area (Å²) in [5.41, 5.74) is 4.31. The normalized spacial score (nSPS) is 18.4. The Balaban J connectivity index is 1.45. The summed E-state index contributed by atoms with van der Waals surface area (Å²) >= 11 is 0. The second-order valence-corrected chi connectivity index (χ2v) is 9.10. The summed E-state index contributed by atoms with van der Waals surface area (Å²) in [4.78, 5) is 31.0. The monoisotopic (exact) mass is 454 g/mol. The lowest BCUT2D eigenvalue weighted by molar-refractivity contribution is -0.125. The second-order valence-electron chi connectivity index (χ2n) is 9.10. The average Bonchev–Trinajstić information content (AvgIpc) is 3.39. The Morgan fingerprint density at radius 2 is 1.91 bits per heavy atom. The molecule has 2 saturated heterocycles. The molecule has 3 heterocycles. The molecule has 0 aliphatic carbocycles. The van der Waals surface area contributed by atoms with Crippen molar-refractivity contribution in [3.63, 3.8) is 0 Å². The van der Waals surface area contributed by atoms with Crippen LogP contribution in [0, 0.1) is 18.3 Å². The van der Waals surface area contributed by atoms with Gasteiger partial charge < -0.3 is 9.88 Å². The number of rotatable bonds is 5. The van der Waals surface area contributed by atoms with E-state index in [2.05, 4.69) is 62.3 Å². The fourth-order valence-electron chi connectivity index (χ4n) is 5.03. The van der Waals surface area contributed by atoms with Crippen molar-refractivity contribution in [2.45, 2.75) is 37.9 Å². The third-order valence-corrected chi connectivity index (χ3v) is 6.85. The van der Waals surface area contributed by atoms with Crippen molar-refractivity contribution in [3.8, 4) is 6.07 Å². The van der Waals surface area contributed by atoms with Gasteiger partial charge in [0, 0.05) is 19.6 Å². The molecule has 2 fully saturated rings. The first-order chi connectivity index (χ1) is 16.5. The molecule has 1 spiro atoms. The number of benzene rings is 2. The Kier molecular flexibility index (Phi) is 5.64. The zero-order chi connectivity index (χ0) is 23.7. The smallest absolute Gasteiger partial charge is 0.322 e. The van der Waals surface area contributed by atoms with Gasteiger partial charge in [-0.15, -0.1) is 0 Å². The SMILES string of the molecule is Cc1cccc(C(c2cncn2Cc2ccc(C#N)cc2)N2CCC3(CC2)NC(=O)NC3=O)c1. The lowest BCUT2D eigenvalue weighted by atomic mass is 9.86. The molecule has 2 aliphatic rings. The number of hydrogen-bond donors (Lipinski definition) is 2. The molecule has 3 amide bonds. The van der Waals surface area contributed by atoms with E-state index in [-0.39, 0.29) is 11.9 Å². The summed E-state index contributed by atoms with van der Waals surface area (Å²) in [6, 6.07) is 17.8. The van der Waals surface area contributed by atoms with Crippen molar-refractivity contribution in [2.75, 3.05) is 13.1 Å². The molecule has 2 aromatic carbocycles. The Hall–Kier alpha value is -3.96. The van der Waals surface area contributed by atoms with Crippen LogP contribution in [0.1, 0.15) is 46.8 Å². The van der Waals surface area contributed by atoms with Gasteiger partial charge in [0.05, 0.1) is 35.9 Å². The Bertz CT molecular complexity index is 1260. The highest BCUT2D eigenvalue weighted by Gasteiger charge is 2.48. The number of carbonyl (C=O) groups is 2. The number of likely N-dealkylation sites (tertiary alicyclic amines) is 1. The van der Waals surface area contributed by atoms with Gasteiger partial charge in [-0.2, -0.15) is 5.26 Å². The Morgan fingerprint density at radius 3 is 2.56 bits per heavy atom. The minimum atomic E-state index is -0.812. The number of aromatic nitrogens is 2. The van der Waals surface area contributed by atoms with Gasteiger partial charge in [0.25, 0.3) is 5.91 Å². The van der Waals surface area contributed by atoms with Crippen LogP contribution >= 0.6 is 0 Å². The summed E-state index contributed by atoms with van der Waals surface area (Å²) in [5.74, 6) is -0.227. The summed E-state index contributed by atoms with van der Waals surface area (Å²) in [7, 11) is 0. The van der Waals surface area contributed by atoms with Crippen LogP contribution in [0.4, 0.5) is 4.79 Å². The van der Waals surface area contributed by atoms with E-state index in [0.717, 1.165) is 16.8 Å². The van der Waals surface area contributed by atoms with Crippen molar-refractivity contribution < 1.29 is 9.59 Å². The van der Waals surface area contributed by atoms with Gasteiger partial charge in [-0.1, -0.05) is 42.0 Å². The third-order valence-electron chi connectivity index (χ3n) is 6.85. The van der Waals surface area contributed by atoms with E-state index in [9.17, 15) is 9.59 Å². The molecule has 2 aliphatic heterocycles. The molecule has 0 radical (unpaired) electrons. The maximum absolute atomic E-state index is 12.4. The van der Waals surface area contributed by atoms with Crippen molar-refractivity contribution >= 4 is 11.9 Å². The van der Waals surface area contributed by atoms with E-state index < -0.39 is 11.6 Å². The predicted octanol–water partition coefficient (Wildman–Crippen LogP) is 2.87. The van der Waals surface area contributed by atoms with Crippen molar-refractivity contribution in [2.24, 2.45) is 0 Å². The summed E-state index contributed by atoms with van der Waals surface area (Å²) in [6.45, 7) is 4.04. The zero-order valence-corrected chi connectivity index (χ0v) is 19.0. The molecule has 34 heavy (non-hydrogen) atoms. The highest BCUT2D eigenvalue weighted by atomic mass is 16.2. The number of aryl methyl sites for hydroxylation is 1. The molecule has 0 saturated carbocycles. The van der Waals surface area contributed by atoms with Crippen molar-refractivity contribution in [3.05, 3.63) is 89.0 Å². The number of nitrogens with one attached hydrogen (secondary N) is 2. The molecule has 1 aromatic heterocycles. The first-order valence-electron chi connectivity index (χ1n) is 11.4. The van der Waals surface area contributed by atoms with Gasteiger partial charge >= 0.3 is 6.03 Å². The summed E-state index contributed by atoms with van der Waals surface area (Å²) < 4.78 is 2.14. The van der Waals surface area contributed by atoms with E-state index in [1.807, 2.05) is 36.8 Å². The number of imidazole rings is 1. The lowest BCUT2D eigenvalue weighted by Crippen LogP contribution is -2.55. The van der Waals surface area contributed by atoms with Gasteiger partial charge in [0.2, 0.25) is 0 Å². The number of nitrogens with zero attached hydrogens (tertiary/aromatic N) is 4. The van der Waals surface area contributed by atoms with Crippen LogP contribution in [0.3, 0.4) is 0 Å². The molecule has 172 valence electrons. The lowest BCUT2D eigenvalue weighted by Gasteiger charge is -2.41. The van der Waals surface area contributed by atoms with Crippen LogP contribution in [0.2, 0.25) is 0 Å². The standard InChI is InChI=1S/C26H26N6O2/c1-18-3-2-4-21(13-18)23(31-11-9-26(10-12-31)24(33)29-25(34)30-26)22-15-28-17-32(22)16-20-7-5-19(14-27)6-8-20/h2-8,13,15,17,23H,9-12,16H2,1H3,(H2,29,30,33,34). The predicted molar refractivity (Wildman–Crippen MR) is 126 cm³/mol. The molecule has 1 atom stereocenters. The number of carbonyl (C=O) groups excluding carboxylic acids is 2. The number of amides is 3. The van der Waals surface area contributed by atoms with Gasteiger partial charge in [0.1, 0.15) is 5.54 Å². The van der Waals surface area contributed by atoms with Crippen molar-refractivity contribution in [1.29, 1.82) is 5.26 Å². The van der Waals surface area contributed by atoms with Gasteiger partial charge in [-0.25, -0.2) is 9.78 Å². The van der Waals surface area contributed by atoms with E-state index in [1.54, 1.807) is 0 Å². The number of imide groups is 1. The van der Waals surface area contributed by atoms with Gasteiger partial charge in [0.15, 0.2) is 0 Å². The fraction of sp³-hybridized carbons (Fsp3) is 0.308. The molecule has 8 nitrogen and oxygen atoms in total. The van der Waals surface area contributed by atoms with Gasteiger partial charge in [-0.3, -0.25) is 15.0 Å². The average molecular weight is 455 g/mol. The first-order valence-corrected chi connectivity index (χ1v) is 11.4. The van der Waals surface area contributed by atoms with E-state index in [1.165, 1.54) is 5.56 Å². The van der Waals surface area contributed by atoms with E-state index >= 15 is 0 Å². The van der Waals surface area contributed by atoms with E-state index in [0.29, 0.717) is 38.0 Å². The summed E-state index contributed by atoms with van der Waals surface area (Å²) in [5, 5.41) is 14.3. The molecule has 1 unspecified atom stereocenters. The molecular formula is C26H26N6O2. The Morgan fingerprint density at radius 1 is 1.15 bits per heavy atom. The summed E-state index contributed by atoms with van der Waals surface area (Å²) in [6.07, 6.45) is 4.85. The molecule has 0 bridgehead atoms. The molecule has 8 heteroatoms. The molecule has 2 N–H and O–H groups in total. The van der Waals surface area contributed by atoms with Crippen molar-refractivity contribution in [1.82, 2.24) is 25.1 Å².